The lowest BCUT2D eigenvalue weighted by Crippen LogP contribution is -2.52. The Labute approximate surface area is 189 Å². The molecule has 0 N–H and O–H groups in total. The summed E-state index contributed by atoms with van der Waals surface area (Å²) in [5.74, 6) is -0.871. The second kappa shape index (κ2) is 9.62. The molecular formula is C27H27N3O2. The maximum Gasteiger partial charge on any atom is 0.235 e. The molecule has 0 radical (unpaired) electrons. The first-order chi connectivity index (χ1) is 15.4. The van der Waals surface area contributed by atoms with Crippen LogP contribution in [0.4, 0.5) is 0 Å². The first-order valence-electron chi connectivity index (χ1n) is 10.8. The highest BCUT2D eigenvalue weighted by molar-refractivity contribution is 5.49. The number of allylic oxidation sites excluding steroid dienone is 2. The number of rotatable bonds is 7. The van der Waals surface area contributed by atoms with Crippen molar-refractivity contribution < 1.29 is 4.92 Å². The highest BCUT2D eigenvalue weighted by Gasteiger charge is 2.61. The van der Waals surface area contributed by atoms with Crippen LogP contribution in [0.1, 0.15) is 56.6 Å². The maximum atomic E-state index is 12.7. The third kappa shape index (κ3) is 4.34. The SMILES string of the molecule is CC1=C(C)CC(C(c2ccccc2)C(C#N)(C#N)C/C=C/c2ccccc2)([N+](=O)[O-])CC1. The lowest BCUT2D eigenvalue weighted by molar-refractivity contribution is -0.579. The minimum Gasteiger partial charge on any atom is -0.264 e. The molecule has 0 spiro atoms. The second-order valence-corrected chi connectivity index (χ2v) is 8.65. The van der Waals surface area contributed by atoms with Gasteiger partial charge in [0.2, 0.25) is 5.54 Å². The van der Waals surface area contributed by atoms with Crippen molar-refractivity contribution in [3.63, 3.8) is 0 Å². The molecule has 0 saturated heterocycles. The zero-order valence-corrected chi connectivity index (χ0v) is 18.5. The van der Waals surface area contributed by atoms with Crippen molar-refractivity contribution >= 4 is 6.08 Å². The Kier molecular flexibility index (Phi) is 6.91. The molecule has 3 rings (SSSR count). The van der Waals surface area contributed by atoms with Crippen molar-refractivity contribution in [1.82, 2.24) is 0 Å². The highest BCUT2D eigenvalue weighted by Crippen LogP contribution is 2.53. The molecule has 0 fully saturated rings. The Bertz CT molecular complexity index is 1090. The van der Waals surface area contributed by atoms with Crippen molar-refractivity contribution in [2.75, 3.05) is 0 Å². The minimum absolute atomic E-state index is 0.103. The van der Waals surface area contributed by atoms with Crippen LogP contribution >= 0.6 is 0 Å². The molecule has 2 atom stereocenters. The summed E-state index contributed by atoms with van der Waals surface area (Å²) >= 11 is 0. The van der Waals surface area contributed by atoms with Crippen LogP contribution in [0.25, 0.3) is 6.08 Å². The molecule has 162 valence electrons. The smallest absolute Gasteiger partial charge is 0.235 e. The van der Waals surface area contributed by atoms with Crippen molar-refractivity contribution in [2.45, 2.75) is 51.0 Å². The van der Waals surface area contributed by atoms with Crippen molar-refractivity contribution in [3.05, 3.63) is 99.1 Å². The molecule has 0 saturated carbocycles. The molecule has 1 aliphatic carbocycles. The summed E-state index contributed by atoms with van der Waals surface area (Å²) < 4.78 is 0. The van der Waals surface area contributed by atoms with Gasteiger partial charge in [-0.2, -0.15) is 10.5 Å². The largest absolute Gasteiger partial charge is 0.264 e. The fourth-order valence-electron chi connectivity index (χ4n) is 4.83. The molecule has 2 aromatic rings. The van der Waals surface area contributed by atoms with Crippen molar-refractivity contribution in [3.8, 4) is 12.1 Å². The molecule has 2 unspecified atom stereocenters. The second-order valence-electron chi connectivity index (χ2n) is 8.65. The normalized spacial score (nSPS) is 19.9. The molecule has 1 aliphatic rings. The van der Waals surface area contributed by atoms with Crippen LogP contribution in [-0.2, 0) is 0 Å². The van der Waals surface area contributed by atoms with Crippen molar-refractivity contribution in [2.24, 2.45) is 5.41 Å². The summed E-state index contributed by atoms with van der Waals surface area (Å²) in [5, 5.41) is 33.3. The fraction of sp³-hybridized carbons (Fsp3) is 0.333. The van der Waals surface area contributed by atoms with E-state index in [1.807, 2.05) is 68.5 Å². The molecule has 0 bridgehead atoms. The van der Waals surface area contributed by atoms with E-state index in [1.54, 1.807) is 18.2 Å². The van der Waals surface area contributed by atoms with Crippen LogP contribution in [0.3, 0.4) is 0 Å². The third-order valence-electron chi connectivity index (χ3n) is 6.71. The number of hydrogen-bond donors (Lipinski definition) is 0. The monoisotopic (exact) mass is 425 g/mol. The van der Waals surface area contributed by atoms with Gasteiger partial charge in [0.15, 0.2) is 5.41 Å². The van der Waals surface area contributed by atoms with Gasteiger partial charge in [0.05, 0.1) is 18.1 Å². The molecular weight excluding hydrogens is 398 g/mol. The summed E-state index contributed by atoms with van der Waals surface area (Å²) in [6, 6.07) is 23.1. The number of nitrogens with zero attached hydrogens (tertiary/aromatic N) is 3. The Hall–Kier alpha value is -3.70. The number of benzene rings is 2. The fourth-order valence-corrected chi connectivity index (χ4v) is 4.83. The van der Waals surface area contributed by atoms with E-state index in [2.05, 4.69) is 12.1 Å². The van der Waals surface area contributed by atoms with E-state index >= 15 is 0 Å². The van der Waals surface area contributed by atoms with Crippen LogP contribution in [0.5, 0.6) is 0 Å². The van der Waals surface area contributed by atoms with E-state index in [9.17, 15) is 20.6 Å². The van der Waals surface area contributed by atoms with E-state index in [0.29, 0.717) is 18.4 Å². The number of nitro groups is 1. The van der Waals surface area contributed by atoms with Gasteiger partial charge in [-0.3, -0.25) is 10.1 Å². The molecule has 0 aromatic heterocycles. The average Bonchev–Trinajstić information content (AvgIpc) is 2.82. The Morgan fingerprint density at radius 1 is 1.06 bits per heavy atom. The van der Waals surface area contributed by atoms with Crippen LogP contribution in [0.15, 0.2) is 77.9 Å². The van der Waals surface area contributed by atoms with E-state index < -0.39 is 16.9 Å². The summed E-state index contributed by atoms with van der Waals surface area (Å²) in [4.78, 5) is 12.4. The van der Waals surface area contributed by atoms with Gasteiger partial charge in [-0.15, -0.1) is 0 Å². The van der Waals surface area contributed by atoms with Crippen LogP contribution in [0, 0.1) is 38.2 Å². The van der Waals surface area contributed by atoms with E-state index in [-0.39, 0.29) is 17.8 Å². The van der Waals surface area contributed by atoms with Crippen LogP contribution in [0.2, 0.25) is 0 Å². The summed E-state index contributed by atoms with van der Waals surface area (Å²) in [7, 11) is 0. The van der Waals surface area contributed by atoms with Gasteiger partial charge in [-0.1, -0.05) is 84.0 Å². The Balaban J connectivity index is 2.15. The van der Waals surface area contributed by atoms with Gasteiger partial charge >= 0.3 is 0 Å². The zero-order chi connectivity index (χ0) is 23.2. The van der Waals surface area contributed by atoms with Crippen molar-refractivity contribution in [1.29, 1.82) is 10.5 Å². The maximum absolute atomic E-state index is 12.7. The topological polar surface area (TPSA) is 90.7 Å². The quantitative estimate of drug-likeness (QED) is 0.290. The lowest BCUT2D eigenvalue weighted by Gasteiger charge is -2.41. The Morgan fingerprint density at radius 3 is 2.19 bits per heavy atom. The first kappa shape index (κ1) is 23.0. The predicted octanol–water partition coefficient (Wildman–Crippen LogP) is 6.44. The van der Waals surface area contributed by atoms with E-state index in [1.165, 1.54) is 0 Å². The Morgan fingerprint density at radius 2 is 1.66 bits per heavy atom. The minimum atomic E-state index is -1.58. The predicted molar refractivity (Wildman–Crippen MR) is 125 cm³/mol. The molecule has 2 aromatic carbocycles. The van der Waals surface area contributed by atoms with E-state index in [4.69, 9.17) is 0 Å². The van der Waals surface area contributed by atoms with Gasteiger partial charge < -0.3 is 0 Å². The van der Waals surface area contributed by atoms with Gasteiger partial charge in [-0.25, -0.2) is 0 Å². The molecule has 32 heavy (non-hydrogen) atoms. The molecule has 0 heterocycles. The molecule has 0 amide bonds. The number of hydrogen-bond acceptors (Lipinski definition) is 4. The lowest BCUT2D eigenvalue weighted by atomic mass is 9.58. The molecule has 0 aliphatic heterocycles. The van der Waals surface area contributed by atoms with Gasteiger partial charge in [0.1, 0.15) is 0 Å². The zero-order valence-electron chi connectivity index (χ0n) is 18.5. The van der Waals surface area contributed by atoms with Gasteiger partial charge in [0, 0.05) is 17.8 Å². The van der Waals surface area contributed by atoms with Gasteiger partial charge in [-0.05, 0) is 37.8 Å². The van der Waals surface area contributed by atoms with Crippen LogP contribution in [-0.4, -0.2) is 10.5 Å². The van der Waals surface area contributed by atoms with E-state index in [0.717, 1.165) is 16.7 Å². The molecule has 5 nitrogen and oxygen atoms in total. The average molecular weight is 426 g/mol. The molecule has 5 heteroatoms. The first-order valence-corrected chi connectivity index (χ1v) is 10.8. The van der Waals surface area contributed by atoms with Crippen LogP contribution < -0.4 is 0 Å². The highest BCUT2D eigenvalue weighted by atomic mass is 16.6. The summed E-state index contributed by atoms with van der Waals surface area (Å²) in [6.45, 7) is 3.92. The number of nitriles is 2. The summed E-state index contributed by atoms with van der Waals surface area (Å²) in [5.41, 5.74) is 0.732. The van der Waals surface area contributed by atoms with Gasteiger partial charge in [0.25, 0.3) is 0 Å². The standard InChI is InChI=1S/C27H27N3O2/c1-21-15-17-27(30(31)32,18-22(21)2)25(24-13-7-4-8-14-24)26(19-28,20-29)16-9-12-23-10-5-3-6-11-23/h3-14,25H,15-18H2,1-2H3/b12-9+. The third-order valence-corrected chi connectivity index (χ3v) is 6.71. The summed E-state index contributed by atoms with van der Waals surface area (Å²) in [6.07, 6.45) is 4.88.